The van der Waals surface area contributed by atoms with Crippen LogP contribution in [0.4, 0.5) is 0 Å². The first-order valence-corrected chi connectivity index (χ1v) is 8.27. The van der Waals surface area contributed by atoms with Gasteiger partial charge in [0.1, 0.15) is 0 Å². The van der Waals surface area contributed by atoms with Crippen molar-refractivity contribution < 1.29 is 19.1 Å². The van der Waals surface area contributed by atoms with Gasteiger partial charge in [-0.15, -0.1) is 0 Å². The fourth-order valence-corrected chi connectivity index (χ4v) is 2.30. The zero-order chi connectivity index (χ0) is 19.8. The van der Waals surface area contributed by atoms with Gasteiger partial charge in [-0.2, -0.15) is 0 Å². The lowest BCUT2D eigenvalue weighted by atomic mass is 10.1. The Balaban J connectivity index is 1.95. The van der Waals surface area contributed by atoms with Crippen LogP contribution in [-0.4, -0.2) is 51.6 Å². The van der Waals surface area contributed by atoms with Gasteiger partial charge in [-0.1, -0.05) is 11.8 Å². The van der Waals surface area contributed by atoms with Gasteiger partial charge in [0.25, 0.3) is 11.8 Å². The summed E-state index contributed by atoms with van der Waals surface area (Å²) in [5.74, 6) is 6.58. The minimum Gasteiger partial charge on any atom is -0.493 e. The molecule has 0 saturated carbocycles. The van der Waals surface area contributed by atoms with Crippen molar-refractivity contribution in [3.8, 4) is 23.3 Å². The summed E-state index contributed by atoms with van der Waals surface area (Å²) in [6, 6.07) is 12.0. The third-order valence-electron chi connectivity index (χ3n) is 3.75. The van der Waals surface area contributed by atoms with Crippen molar-refractivity contribution >= 4 is 11.8 Å². The highest BCUT2D eigenvalue weighted by Gasteiger charge is 2.10. The first kappa shape index (κ1) is 19.9. The fourth-order valence-electron chi connectivity index (χ4n) is 2.30. The van der Waals surface area contributed by atoms with E-state index in [1.807, 2.05) is 0 Å². The summed E-state index contributed by atoms with van der Waals surface area (Å²) >= 11 is 0. The molecule has 0 aliphatic rings. The summed E-state index contributed by atoms with van der Waals surface area (Å²) in [6.07, 6.45) is 0. The average Bonchev–Trinajstić information content (AvgIpc) is 2.70. The van der Waals surface area contributed by atoms with Gasteiger partial charge in [-0.3, -0.25) is 9.59 Å². The second-order valence-electron chi connectivity index (χ2n) is 5.83. The van der Waals surface area contributed by atoms with Crippen molar-refractivity contribution in [2.24, 2.45) is 0 Å². The van der Waals surface area contributed by atoms with Crippen molar-refractivity contribution in [2.45, 2.75) is 0 Å². The first-order chi connectivity index (χ1) is 13.0. The number of nitrogens with zero attached hydrogens (tertiary/aromatic N) is 1. The molecular formula is C21H22N2O4. The highest BCUT2D eigenvalue weighted by molar-refractivity contribution is 5.95. The van der Waals surface area contributed by atoms with E-state index in [4.69, 9.17) is 9.47 Å². The minimum absolute atomic E-state index is 0.0586. The number of benzene rings is 2. The highest BCUT2D eigenvalue weighted by Crippen LogP contribution is 2.27. The number of rotatable bonds is 5. The number of amides is 2. The minimum atomic E-state index is -0.253. The van der Waals surface area contributed by atoms with Crippen LogP contribution in [0.2, 0.25) is 0 Å². The molecule has 0 radical (unpaired) electrons. The van der Waals surface area contributed by atoms with Gasteiger partial charge in [0.05, 0.1) is 20.8 Å². The van der Waals surface area contributed by atoms with E-state index in [2.05, 4.69) is 17.2 Å². The maximum atomic E-state index is 12.2. The predicted molar refractivity (Wildman–Crippen MR) is 103 cm³/mol. The third-order valence-corrected chi connectivity index (χ3v) is 3.75. The summed E-state index contributed by atoms with van der Waals surface area (Å²) in [4.78, 5) is 25.5. The maximum absolute atomic E-state index is 12.2. The van der Waals surface area contributed by atoms with E-state index in [0.717, 1.165) is 5.56 Å². The Kier molecular flexibility index (Phi) is 6.84. The molecule has 0 aliphatic carbocycles. The van der Waals surface area contributed by atoms with E-state index in [1.165, 1.54) is 19.1 Å². The molecule has 0 bridgehead atoms. The highest BCUT2D eigenvalue weighted by atomic mass is 16.5. The Hall–Kier alpha value is -3.46. The van der Waals surface area contributed by atoms with Gasteiger partial charge in [-0.25, -0.2) is 0 Å². The van der Waals surface area contributed by atoms with E-state index in [9.17, 15) is 9.59 Å². The summed E-state index contributed by atoms with van der Waals surface area (Å²) in [6.45, 7) is 0.200. The monoisotopic (exact) mass is 366 g/mol. The molecule has 0 atom stereocenters. The first-order valence-electron chi connectivity index (χ1n) is 8.27. The Morgan fingerprint density at radius 3 is 2.19 bits per heavy atom. The molecule has 2 aromatic rings. The zero-order valence-electron chi connectivity index (χ0n) is 15.8. The van der Waals surface area contributed by atoms with E-state index in [-0.39, 0.29) is 18.4 Å². The van der Waals surface area contributed by atoms with Crippen molar-refractivity contribution in [2.75, 3.05) is 34.9 Å². The summed E-state index contributed by atoms with van der Waals surface area (Å²) < 4.78 is 10.3. The van der Waals surface area contributed by atoms with Crippen LogP contribution in [0.5, 0.6) is 11.5 Å². The molecule has 0 heterocycles. The fraction of sp³-hybridized carbons (Fsp3) is 0.238. The number of hydrogen-bond donors (Lipinski definition) is 1. The number of carbonyl (C=O) groups excluding carboxylic acids is 2. The smallest absolute Gasteiger partial charge is 0.253 e. The van der Waals surface area contributed by atoms with E-state index >= 15 is 0 Å². The lowest BCUT2D eigenvalue weighted by molar-refractivity contribution is 0.0827. The van der Waals surface area contributed by atoms with Gasteiger partial charge in [0, 0.05) is 30.8 Å². The molecular weight excluding hydrogens is 344 g/mol. The van der Waals surface area contributed by atoms with Crippen LogP contribution in [0.25, 0.3) is 0 Å². The van der Waals surface area contributed by atoms with Crippen LogP contribution in [0, 0.1) is 11.8 Å². The zero-order valence-corrected chi connectivity index (χ0v) is 15.8. The normalized spacial score (nSPS) is 9.63. The van der Waals surface area contributed by atoms with E-state index in [1.54, 1.807) is 56.6 Å². The van der Waals surface area contributed by atoms with Crippen LogP contribution < -0.4 is 14.8 Å². The third kappa shape index (κ3) is 5.25. The van der Waals surface area contributed by atoms with Crippen molar-refractivity contribution in [3.05, 3.63) is 59.2 Å². The molecule has 0 saturated heterocycles. The molecule has 2 amide bonds. The number of hydrogen-bond acceptors (Lipinski definition) is 4. The number of methoxy groups -OCH3 is 2. The van der Waals surface area contributed by atoms with Gasteiger partial charge < -0.3 is 19.7 Å². The topological polar surface area (TPSA) is 67.9 Å². The molecule has 140 valence electrons. The molecule has 27 heavy (non-hydrogen) atoms. The maximum Gasteiger partial charge on any atom is 0.253 e. The van der Waals surface area contributed by atoms with Gasteiger partial charge in [0.2, 0.25) is 0 Å². The largest absolute Gasteiger partial charge is 0.493 e. The standard InChI is InChI=1S/C21H22N2O4/c1-23(2)21(25)16-9-7-15(8-10-16)6-5-13-22-20(24)17-11-12-18(26-3)19(14-17)27-4/h7-12,14H,13H2,1-4H3,(H,22,24). The molecule has 2 aromatic carbocycles. The SMILES string of the molecule is COc1ccc(C(=O)NCC#Cc2ccc(C(=O)N(C)C)cc2)cc1OC. The molecule has 0 unspecified atom stereocenters. The van der Waals surface area contributed by atoms with Crippen LogP contribution in [0.15, 0.2) is 42.5 Å². The molecule has 1 N–H and O–H groups in total. The second kappa shape index (κ2) is 9.30. The molecule has 0 spiro atoms. The molecule has 6 heteroatoms. The number of nitrogens with one attached hydrogen (secondary N) is 1. The van der Waals surface area contributed by atoms with Crippen molar-refractivity contribution in [1.29, 1.82) is 0 Å². The molecule has 6 nitrogen and oxygen atoms in total. The predicted octanol–water partition coefficient (Wildman–Crippen LogP) is 2.19. The van der Waals surface area contributed by atoms with Gasteiger partial charge in [0.15, 0.2) is 11.5 Å². The summed E-state index contributed by atoms with van der Waals surface area (Å²) in [7, 11) is 6.47. The summed E-state index contributed by atoms with van der Waals surface area (Å²) in [5, 5.41) is 2.73. The molecule has 2 rings (SSSR count). The lowest BCUT2D eigenvalue weighted by Gasteiger charge is -2.09. The van der Waals surface area contributed by atoms with Gasteiger partial charge >= 0.3 is 0 Å². The Morgan fingerprint density at radius 1 is 0.963 bits per heavy atom. The van der Waals surface area contributed by atoms with Crippen LogP contribution in [0.3, 0.4) is 0 Å². The molecule has 0 fully saturated rings. The van der Waals surface area contributed by atoms with E-state index in [0.29, 0.717) is 22.6 Å². The number of ether oxygens (including phenoxy) is 2. The van der Waals surface area contributed by atoms with Gasteiger partial charge in [-0.05, 0) is 42.5 Å². The Labute approximate surface area is 159 Å². The Morgan fingerprint density at radius 2 is 1.59 bits per heavy atom. The molecule has 0 aromatic heterocycles. The second-order valence-corrected chi connectivity index (χ2v) is 5.83. The Bertz CT molecular complexity index is 877. The van der Waals surface area contributed by atoms with Crippen LogP contribution in [-0.2, 0) is 0 Å². The molecule has 0 aliphatic heterocycles. The van der Waals surface area contributed by atoms with E-state index < -0.39 is 0 Å². The number of carbonyl (C=O) groups is 2. The summed E-state index contributed by atoms with van der Waals surface area (Å²) in [5.41, 5.74) is 1.83. The lowest BCUT2D eigenvalue weighted by Crippen LogP contribution is -2.23. The quantitative estimate of drug-likeness (QED) is 0.824. The van der Waals surface area contributed by atoms with Crippen molar-refractivity contribution in [3.63, 3.8) is 0 Å². The van der Waals surface area contributed by atoms with Crippen LogP contribution >= 0.6 is 0 Å². The average molecular weight is 366 g/mol. The van der Waals surface area contributed by atoms with Crippen molar-refractivity contribution in [1.82, 2.24) is 10.2 Å². The van der Waals surface area contributed by atoms with Crippen LogP contribution in [0.1, 0.15) is 26.3 Å².